The number of rotatable bonds is 6. The predicted octanol–water partition coefficient (Wildman–Crippen LogP) is 3.02. The van der Waals surface area contributed by atoms with Crippen LogP contribution in [0.2, 0.25) is 0 Å². The molecule has 0 fully saturated rings. The smallest absolute Gasteiger partial charge is 0.256 e. The average Bonchev–Trinajstić information content (AvgIpc) is 3.18. The highest BCUT2D eigenvalue weighted by atomic mass is 16.4. The summed E-state index contributed by atoms with van der Waals surface area (Å²) in [7, 11) is 0. The Morgan fingerprint density at radius 3 is 2.52 bits per heavy atom. The minimum Gasteiger partial charge on any atom is -0.443 e. The van der Waals surface area contributed by atoms with Crippen molar-refractivity contribution in [3.05, 3.63) is 41.4 Å². The van der Waals surface area contributed by atoms with E-state index >= 15 is 0 Å². The summed E-state index contributed by atoms with van der Waals surface area (Å²) >= 11 is 0. The number of nitriles is 1. The lowest BCUT2D eigenvalue weighted by Gasteiger charge is -2.33. The van der Waals surface area contributed by atoms with Crippen LogP contribution in [0, 0.1) is 29.6 Å². The number of aryl methyl sites for hydroxylation is 1. The van der Waals surface area contributed by atoms with Crippen LogP contribution < -0.4 is 5.32 Å². The molecule has 2 rings (SSSR count). The zero-order valence-corrected chi connectivity index (χ0v) is 15.3. The lowest BCUT2D eigenvalue weighted by Crippen LogP contribution is -2.43. The molecule has 6 heteroatoms. The van der Waals surface area contributed by atoms with Crippen molar-refractivity contribution in [2.24, 2.45) is 11.3 Å². The molecule has 2 aromatic rings. The van der Waals surface area contributed by atoms with E-state index in [2.05, 4.69) is 11.4 Å². The Morgan fingerprint density at radius 1 is 1.40 bits per heavy atom. The first-order valence-corrected chi connectivity index (χ1v) is 8.32. The summed E-state index contributed by atoms with van der Waals surface area (Å²) in [5.74, 6) is 0.425. The Morgan fingerprint density at radius 2 is 2.00 bits per heavy atom. The number of carbonyl (C=O) groups excluding carboxylic acids is 1. The third-order valence-corrected chi connectivity index (χ3v) is 4.38. The van der Waals surface area contributed by atoms with Gasteiger partial charge in [0.25, 0.3) is 5.91 Å². The third kappa shape index (κ3) is 3.77. The standard InChI is InChI=1S/C19H25N3O3/c1-12(2)16(23)19(4,5)11-21-17(24)15-13(3)25-18(14(15)10-20)22-8-6-7-9-22/h6-9,12,16,23H,11H2,1-5H3,(H,21,24). The van der Waals surface area contributed by atoms with Crippen molar-refractivity contribution in [1.82, 2.24) is 9.88 Å². The molecule has 1 atom stereocenters. The van der Waals surface area contributed by atoms with Crippen LogP contribution in [0.4, 0.5) is 0 Å². The van der Waals surface area contributed by atoms with Crippen LogP contribution in [0.1, 0.15) is 49.4 Å². The Bertz CT molecular complexity index is 780. The van der Waals surface area contributed by atoms with Gasteiger partial charge in [0.2, 0.25) is 5.88 Å². The van der Waals surface area contributed by atoms with E-state index < -0.39 is 11.5 Å². The van der Waals surface area contributed by atoms with Gasteiger partial charge in [0, 0.05) is 24.4 Å². The lowest BCUT2D eigenvalue weighted by molar-refractivity contribution is 0.0138. The maximum absolute atomic E-state index is 12.7. The molecule has 25 heavy (non-hydrogen) atoms. The fraction of sp³-hybridized carbons (Fsp3) is 0.474. The Balaban J connectivity index is 2.25. The number of nitrogens with zero attached hydrogens (tertiary/aromatic N) is 2. The van der Waals surface area contributed by atoms with Gasteiger partial charge in [-0.05, 0) is 25.0 Å². The summed E-state index contributed by atoms with van der Waals surface area (Å²) in [6.45, 7) is 9.63. The zero-order valence-electron chi connectivity index (χ0n) is 15.3. The molecule has 0 saturated heterocycles. The number of amides is 1. The van der Waals surface area contributed by atoms with E-state index in [0.29, 0.717) is 18.2 Å². The van der Waals surface area contributed by atoms with Crippen molar-refractivity contribution < 1.29 is 14.3 Å². The van der Waals surface area contributed by atoms with Crippen molar-refractivity contribution in [2.75, 3.05) is 6.54 Å². The summed E-state index contributed by atoms with van der Waals surface area (Å²) in [4.78, 5) is 12.7. The molecular formula is C19H25N3O3. The maximum atomic E-state index is 12.7. The Labute approximate surface area is 148 Å². The van der Waals surface area contributed by atoms with Crippen LogP contribution >= 0.6 is 0 Å². The molecule has 0 aliphatic rings. The van der Waals surface area contributed by atoms with Crippen LogP contribution in [0.25, 0.3) is 5.88 Å². The fourth-order valence-corrected chi connectivity index (χ4v) is 2.96. The first-order chi connectivity index (χ1) is 11.7. The summed E-state index contributed by atoms with van der Waals surface area (Å²) < 4.78 is 7.31. The number of hydrogen-bond donors (Lipinski definition) is 2. The number of aromatic nitrogens is 1. The first kappa shape index (κ1) is 18.8. The third-order valence-electron chi connectivity index (χ3n) is 4.38. The van der Waals surface area contributed by atoms with Gasteiger partial charge in [-0.25, -0.2) is 0 Å². The average molecular weight is 343 g/mol. The normalized spacial score (nSPS) is 12.9. The van der Waals surface area contributed by atoms with Crippen molar-refractivity contribution in [2.45, 2.75) is 40.7 Å². The number of carbonyl (C=O) groups is 1. The number of aliphatic hydroxyl groups is 1. The molecule has 1 unspecified atom stereocenters. The monoisotopic (exact) mass is 343 g/mol. The zero-order chi connectivity index (χ0) is 18.8. The molecule has 6 nitrogen and oxygen atoms in total. The highest BCUT2D eigenvalue weighted by molar-refractivity contribution is 5.98. The van der Waals surface area contributed by atoms with E-state index in [4.69, 9.17) is 4.42 Å². The summed E-state index contributed by atoms with van der Waals surface area (Å²) in [6.07, 6.45) is 2.95. The highest BCUT2D eigenvalue weighted by Crippen LogP contribution is 2.27. The highest BCUT2D eigenvalue weighted by Gasteiger charge is 2.32. The largest absolute Gasteiger partial charge is 0.443 e. The molecule has 0 aliphatic carbocycles. The molecule has 0 spiro atoms. The van der Waals surface area contributed by atoms with Gasteiger partial charge in [-0.2, -0.15) is 5.26 Å². The molecule has 0 saturated carbocycles. The predicted molar refractivity (Wildman–Crippen MR) is 94.4 cm³/mol. The molecule has 134 valence electrons. The van der Waals surface area contributed by atoms with Gasteiger partial charge in [0.15, 0.2) is 0 Å². The van der Waals surface area contributed by atoms with Crippen LogP contribution in [0.5, 0.6) is 0 Å². The van der Waals surface area contributed by atoms with E-state index in [-0.39, 0.29) is 23.0 Å². The number of hydrogen-bond acceptors (Lipinski definition) is 4. The topological polar surface area (TPSA) is 91.2 Å². The van der Waals surface area contributed by atoms with Gasteiger partial charge < -0.3 is 14.8 Å². The van der Waals surface area contributed by atoms with Crippen molar-refractivity contribution in [3.8, 4) is 12.0 Å². The Kier molecular flexibility index (Phi) is 5.39. The van der Waals surface area contributed by atoms with Crippen LogP contribution in [-0.2, 0) is 0 Å². The van der Waals surface area contributed by atoms with Gasteiger partial charge in [0.05, 0.1) is 6.10 Å². The van der Waals surface area contributed by atoms with Crippen LogP contribution in [-0.4, -0.2) is 28.2 Å². The molecule has 0 aromatic carbocycles. The molecule has 0 radical (unpaired) electrons. The summed E-state index contributed by atoms with van der Waals surface area (Å²) in [5, 5.41) is 22.6. The molecule has 0 bridgehead atoms. The quantitative estimate of drug-likeness (QED) is 0.843. The van der Waals surface area contributed by atoms with Crippen molar-refractivity contribution in [3.63, 3.8) is 0 Å². The lowest BCUT2D eigenvalue weighted by atomic mass is 9.80. The second kappa shape index (κ2) is 7.16. The van der Waals surface area contributed by atoms with Gasteiger partial charge in [-0.1, -0.05) is 27.7 Å². The molecule has 1 amide bonds. The minimum absolute atomic E-state index is 0.0811. The molecule has 2 aromatic heterocycles. The van der Waals surface area contributed by atoms with E-state index in [0.717, 1.165) is 0 Å². The molecular weight excluding hydrogens is 318 g/mol. The number of furan rings is 1. The van der Waals surface area contributed by atoms with E-state index in [1.807, 2.05) is 39.8 Å². The summed E-state index contributed by atoms with van der Waals surface area (Å²) in [6, 6.07) is 5.70. The van der Waals surface area contributed by atoms with Gasteiger partial charge in [0.1, 0.15) is 23.0 Å². The van der Waals surface area contributed by atoms with E-state index in [1.165, 1.54) is 0 Å². The fourth-order valence-electron chi connectivity index (χ4n) is 2.96. The Hall–Kier alpha value is -2.52. The van der Waals surface area contributed by atoms with Crippen molar-refractivity contribution in [1.29, 1.82) is 5.26 Å². The number of aliphatic hydroxyl groups excluding tert-OH is 1. The second-order valence-corrected chi connectivity index (χ2v) is 7.28. The van der Waals surface area contributed by atoms with Crippen LogP contribution in [0.15, 0.2) is 28.9 Å². The van der Waals surface area contributed by atoms with Crippen molar-refractivity contribution >= 4 is 5.91 Å². The van der Waals surface area contributed by atoms with E-state index in [1.54, 1.807) is 23.9 Å². The van der Waals surface area contributed by atoms with E-state index in [9.17, 15) is 15.2 Å². The SMILES string of the molecule is Cc1oc(-n2cccc2)c(C#N)c1C(=O)NCC(C)(C)C(O)C(C)C. The molecule has 0 aliphatic heterocycles. The second-order valence-electron chi connectivity index (χ2n) is 7.28. The molecule has 2 N–H and O–H groups in total. The first-order valence-electron chi connectivity index (χ1n) is 8.32. The molecule has 2 heterocycles. The maximum Gasteiger partial charge on any atom is 0.256 e. The van der Waals surface area contributed by atoms with Gasteiger partial charge >= 0.3 is 0 Å². The van der Waals surface area contributed by atoms with Gasteiger partial charge in [-0.3, -0.25) is 9.36 Å². The summed E-state index contributed by atoms with van der Waals surface area (Å²) in [5.41, 5.74) is -0.0493. The van der Waals surface area contributed by atoms with Crippen LogP contribution in [0.3, 0.4) is 0 Å². The minimum atomic E-state index is -0.552. The number of nitrogens with one attached hydrogen (secondary N) is 1. The van der Waals surface area contributed by atoms with Gasteiger partial charge in [-0.15, -0.1) is 0 Å².